The van der Waals surface area contributed by atoms with Crippen molar-refractivity contribution in [2.24, 2.45) is 0 Å². The standard InChI is InChI=1S/C11H9BrClN3O/c12-9-5-15-11(14)16-10(9)17-6-7-1-3-8(13)4-2-7/h1-5H,6H2,(H2,14,15,16). The van der Waals surface area contributed by atoms with Crippen LogP contribution in [0.25, 0.3) is 0 Å². The Bertz CT molecular complexity index is 519. The van der Waals surface area contributed by atoms with E-state index in [1.54, 1.807) is 6.20 Å². The van der Waals surface area contributed by atoms with Gasteiger partial charge in [0, 0.05) is 5.02 Å². The quantitative estimate of drug-likeness (QED) is 0.946. The summed E-state index contributed by atoms with van der Waals surface area (Å²) in [5, 5.41) is 0.696. The summed E-state index contributed by atoms with van der Waals surface area (Å²) in [6.45, 7) is 0.395. The van der Waals surface area contributed by atoms with Gasteiger partial charge in [-0.2, -0.15) is 4.98 Å². The van der Waals surface area contributed by atoms with Gasteiger partial charge in [0.25, 0.3) is 0 Å². The smallest absolute Gasteiger partial charge is 0.233 e. The maximum atomic E-state index is 5.79. The second kappa shape index (κ2) is 5.33. The van der Waals surface area contributed by atoms with Crippen molar-refractivity contribution in [2.45, 2.75) is 6.61 Å². The summed E-state index contributed by atoms with van der Waals surface area (Å²) >= 11 is 9.08. The molecule has 1 heterocycles. The molecule has 1 aromatic carbocycles. The SMILES string of the molecule is Nc1ncc(Br)c(OCc2ccc(Cl)cc2)n1. The Morgan fingerprint density at radius 2 is 2.00 bits per heavy atom. The van der Waals surface area contributed by atoms with Gasteiger partial charge >= 0.3 is 0 Å². The minimum absolute atomic E-state index is 0.180. The highest BCUT2D eigenvalue weighted by atomic mass is 79.9. The molecular weight excluding hydrogens is 305 g/mol. The third kappa shape index (κ3) is 3.31. The van der Waals surface area contributed by atoms with Crippen molar-refractivity contribution in [3.05, 3.63) is 45.5 Å². The molecule has 6 heteroatoms. The Kier molecular flexibility index (Phi) is 3.81. The van der Waals surface area contributed by atoms with Crippen LogP contribution in [0.15, 0.2) is 34.9 Å². The molecule has 0 aliphatic rings. The van der Waals surface area contributed by atoms with Crippen LogP contribution in [-0.2, 0) is 6.61 Å². The van der Waals surface area contributed by atoms with Crippen molar-refractivity contribution in [1.29, 1.82) is 0 Å². The Labute approximate surface area is 112 Å². The Hall–Kier alpha value is -1.33. The first-order valence-corrected chi connectivity index (χ1v) is 5.97. The number of rotatable bonds is 3. The number of nitrogen functional groups attached to an aromatic ring is 1. The summed E-state index contributed by atoms with van der Waals surface area (Å²) < 4.78 is 6.19. The molecule has 0 amide bonds. The molecule has 0 fully saturated rings. The Balaban J connectivity index is 2.07. The average molecular weight is 315 g/mol. The number of nitrogens with zero attached hydrogens (tertiary/aromatic N) is 2. The third-order valence-electron chi connectivity index (χ3n) is 2.02. The van der Waals surface area contributed by atoms with Crippen LogP contribution in [0.4, 0.5) is 5.95 Å². The molecule has 0 aliphatic heterocycles. The van der Waals surface area contributed by atoms with Gasteiger partial charge in [0.1, 0.15) is 6.61 Å². The zero-order valence-electron chi connectivity index (χ0n) is 8.73. The van der Waals surface area contributed by atoms with Crippen molar-refractivity contribution in [1.82, 2.24) is 9.97 Å². The number of benzene rings is 1. The minimum Gasteiger partial charge on any atom is -0.472 e. The number of nitrogens with two attached hydrogens (primary N) is 1. The van der Waals surface area contributed by atoms with E-state index in [0.29, 0.717) is 22.0 Å². The van der Waals surface area contributed by atoms with Gasteiger partial charge in [0.15, 0.2) is 0 Å². The van der Waals surface area contributed by atoms with E-state index in [4.69, 9.17) is 22.1 Å². The van der Waals surface area contributed by atoms with Crippen LogP contribution in [-0.4, -0.2) is 9.97 Å². The number of ether oxygens (including phenoxy) is 1. The second-order valence-corrected chi connectivity index (χ2v) is 4.59. The maximum absolute atomic E-state index is 5.79. The lowest BCUT2D eigenvalue weighted by molar-refractivity contribution is 0.291. The van der Waals surface area contributed by atoms with Crippen LogP contribution in [0, 0.1) is 0 Å². The Morgan fingerprint density at radius 3 is 2.71 bits per heavy atom. The maximum Gasteiger partial charge on any atom is 0.233 e. The molecular formula is C11H9BrClN3O. The number of halogens is 2. The van der Waals surface area contributed by atoms with Crippen LogP contribution in [0.1, 0.15) is 5.56 Å². The summed E-state index contributed by atoms with van der Waals surface area (Å²) in [5.41, 5.74) is 6.47. The lowest BCUT2D eigenvalue weighted by Crippen LogP contribution is -2.01. The first kappa shape index (κ1) is 12.1. The second-order valence-electron chi connectivity index (χ2n) is 3.30. The average Bonchev–Trinajstić information content (AvgIpc) is 2.32. The molecule has 0 bridgehead atoms. The monoisotopic (exact) mass is 313 g/mol. The zero-order chi connectivity index (χ0) is 12.3. The lowest BCUT2D eigenvalue weighted by Gasteiger charge is -2.07. The van der Waals surface area contributed by atoms with Crippen LogP contribution in [0.3, 0.4) is 0 Å². The number of aromatic nitrogens is 2. The lowest BCUT2D eigenvalue weighted by atomic mass is 10.2. The fourth-order valence-corrected chi connectivity index (χ4v) is 1.63. The molecule has 0 saturated carbocycles. The van der Waals surface area contributed by atoms with E-state index in [1.165, 1.54) is 0 Å². The van der Waals surface area contributed by atoms with Crippen molar-refractivity contribution in [3.8, 4) is 5.88 Å². The fourth-order valence-electron chi connectivity index (χ4n) is 1.20. The highest BCUT2D eigenvalue weighted by Gasteiger charge is 2.04. The number of anilines is 1. The van der Waals surface area contributed by atoms with Gasteiger partial charge < -0.3 is 10.5 Å². The molecule has 0 atom stereocenters. The van der Waals surface area contributed by atoms with Gasteiger partial charge in [0.05, 0.1) is 10.7 Å². The van der Waals surface area contributed by atoms with E-state index in [1.807, 2.05) is 24.3 Å². The van der Waals surface area contributed by atoms with Crippen molar-refractivity contribution >= 4 is 33.5 Å². The first-order chi connectivity index (χ1) is 8.15. The van der Waals surface area contributed by atoms with Gasteiger partial charge in [-0.25, -0.2) is 4.98 Å². The van der Waals surface area contributed by atoms with Gasteiger partial charge in [-0.15, -0.1) is 0 Å². The predicted octanol–water partition coefficient (Wildman–Crippen LogP) is 3.05. The molecule has 2 aromatic rings. The fraction of sp³-hybridized carbons (Fsp3) is 0.0909. The van der Waals surface area contributed by atoms with E-state index >= 15 is 0 Å². The van der Waals surface area contributed by atoms with Gasteiger partial charge in [-0.1, -0.05) is 23.7 Å². The first-order valence-electron chi connectivity index (χ1n) is 4.80. The molecule has 0 saturated heterocycles. The minimum atomic E-state index is 0.180. The molecule has 1 aromatic heterocycles. The van der Waals surface area contributed by atoms with Crippen LogP contribution >= 0.6 is 27.5 Å². The predicted molar refractivity (Wildman–Crippen MR) is 69.9 cm³/mol. The molecule has 4 nitrogen and oxygen atoms in total. The van der Waals surface area contributed by atoms with Gasteiger partial charge in [-0.05, 0) is 33.6 Å². The van der Waals surface area contributed by atoms with Crippen molar-refractivity contribution in [2.75, 3.05) is 5.73 Å². The number of hydrogen-bond donors (Lipinski definition) is 1. The summed E-state index contributed by atoms with van der Waals surface area (Å²) in [5.74, 6) is 0.603. The highest BCUT2D eigenvalue weighted by molar-refractivity contribution is 9.10. The van der Waals surface area contributed by atoms with Gasteiger partial charge in [-0.3, -0.25) is 0 Å². The summed E-state index contributed by atoms with van der Waals surface area (Å²) in [6.07, 6.45) is 1.56. The van der Waals surface area contributed by atoms with E-state index < -0.39 is 0 Å². The van der Waals surface area contributed by atoms with Crippen LogP contribution in [0.2, 0.25) is 5.02 Å². The van der Waals surface area contributed by atoms with E-state index in [-0.39, 0.29) is 5.95 Å². The zero-order valence-corrected chi connectivity index (χ0v) is 11.1. The normalized spacial score (nSPS) is 10.2. The summed E-state index contributed by atoms with van der Waals surface area (Å²) in [7, 11) is 0. The van der Waals surface area contributed by atoms with E-state index in [2.05, 4.69) is 25.9 Å². The largest absolute Gasteiger partial charge is 0.472 e. The van der Waals surface area contributed by atoms with Crippen LogP contribution in [0.5, 0.6) is 5.88 Å². The molecule has 2 rings (SSSR count). The summed E-state index contributed by atoms with van der Waals surface area (Å²) in [4.78, 5) is 7.81. The van der Waals surface area contributed by atoms with Crippen molar-refractivity contribution in [3.63, 3.8) is 0 Å². The molecule has 17 heavy (non-hydrogen) atoms. The third-order valence-corrected chi connectivity index (χ3v) is 2.82. The molecule has 2 N–H and O–H groups in total. The molecule has 0 unspecified atom stereocenters. The molecule has 88 valence electrons. The molecule has 0 aliphatic carbocycles. The number of hydrogen-bond acceptors (Lipinski definition) is 4. The summed E-state index contributed by atoms with van der Waals surface area (Å²) in [6, 6.07) is 7.40. The Morgan fingerprint density at radius 1 is 1.29 bits per heavy atom. The molecule has 0 spiro atoms. The van der Waals surface area contributed by atoms with E-state index in [0.717, 1.165) is 5.56 Å². The molecule has 0 radical (unpaired) electrons. The highest BCUT2D eigenvalue weighted by Crippen LogP contribution is 2.22. The topological polar surface area (TPSA) is 61.0 Å². The van der Waals surface area contributed by atoms with Gasteiger partial charge in [0.2, 0.25) is 11.8 Å². The van der Waals surface area contributed by atoms with Crippen molar-refractivity contribution < 1.29 is 4.74 Å². The van der Waals surface area contributed by atoms with Crippen LogP contribution < -0.4 is 10.5 Å². The van der Waals surface area contributed by atoms with E-state index in [9.17, 15) is 0 Å².